The van der Waals surface area contributed by atoms with Crippen molar-refractivity contribution < 1.29 is 4.74 Å². The zero-order valence-corrected chi connectivity index (χ0v) is 9.18. The molecule has 0 saturated carbocycles. The van der Waals surface area contributed by atoms with E-state index < -0.39 is 0 Å². The average molecular weight is 229 g/mol. The number of thiophene rings is 1. The smallest absolute Gasteiger partial charge is 0.175 e. The van der Waals surface area contributed by atoms with Crippen LogP contribution in [-0.2, 0) is 6.54 Å². The highest BCUT2D eigenvalue weighted by molar-refractivity contribution is 7.09. The zero-order chi connectivity index (χ0) is 9.97. The van der Waals surface area contributed by atoms with E-state index in [1.54, 1.807) is 29.3 Å². The highest BCUT2D eigenvalue weighted by atomic mass is 35.5. The summed E-state index contributed by atoms with van der Waals surface area (Å²) in [7, 11) is 1.58. The summed E-state index contributed by atoms with van der Waals surface area (Å²) < 4.78 is 6.75. The molecular formula is C9H9ClN2OS. The van der Waals surface area contributed by atoms with Crippen molar-refractivity contribution in [1.82, 2.24) is 9.78 Å². The van der Waals surface area contributed by atoms with Crippen molar-refractivity contribution in [2.75, 3.05) is 7.11 Å². The molecule has 0 aliphatic carbocycles. The molecular weight excluding hydrogens is 220 g/mol. The van der Waals surface area contributed by atoms with Gasteiger partial charge < -0.3 is 4.74 Å². The molecule has 2 rings (SSSR count). The van der Waals surface area contributed by atoms with Gasteiger partial charge in [0.15, 0.2) is 10.9 Å². The Kier molecular flexibility index (Phi) is 2.74. The van der Waals surface area contributed by atoms with Crippen LogP contribution in [-0.4, -0.2) is 16.9 Å². The fraction of sp³-hybridized carbons (Fsp3) is 0.222. The fourth-order valence-electron chi connectivity index (χ4n) is 1.15. The summed E-state index contributed by atoms with van der Waals surface area (Å²) in [6, 6.07) is 4.06. The van der Waals surface area contributed by atoms with Gasteiger partial charge in [0.2, 0.25) is 0 Å². The van der Waals surface area contributed by atoms with Crippen LogP contribution in [0.5, 0.6) is 5.75 Å². The number of hydrogen-bond acceptors (Lipinski definition) is 3. The molecule has 0 unspecified atom stereocenters. The topological polar surface area (TPSA) is 27.1 Å². The highest BCUT2D eigenvalue weighted by Crippen LogP contribution is 2.24. The van der Waals surface area contributed by atoms with Crippen LogP contribution in [0.15, 0.2) is 23.7 Å². The largest absolute Gasteiger partial charge is 0.492 e. The van der Waals surface area contributed by atoms with Crippen molar-refractivity contribution in [1.29, 1.82) is 0 Å². The van der Waals surface area contributed by atoms with Crippen LogP contribution in [0, 0.1) is 0 Å². The van der Waals surface area contributed by atoms with Crippen LogP contribution in [0.3, 0.4) is 0 Å². The molecule has 0 atom stereocenters. The number of ether oxygens (including phenoxy) is 1. The third kappa shape index (κ3) is 1.76. The number of halogens is 1. The molecule has 0 bridgehead atoms. The van der Waals surface area contributed by atoms with E-state index in [1.807, 2.05) is 11.4 Å². The molecule has 2 heterocycles. The standard InChI is InChI=1S/C9H9ClN2OS/c1-13-8-5-11-12(9(8)10)6-7-3-2-4-14-7/h2-5H,6H2,1H3. The van der Waals surface area contributed by atoms with Crippen molar-refractivity contribution in [3.05, 3.63) is 33.7 Å². The molecule has 0 N–H and O–H groups in total. The van der Waals surface area contributed by atoms with E-state index in [2.05, 4.69) is 11.2 Å². The quantitative estimate of drug-likeness (QED) is 0.808. The predicted molar refractivity (Wildman–Crippen MR) is 57.2 cm³/mol. The van der Waals surface area contributed by atoms with E-state index in [1.165, 1.54) is 4.88 Å². The lowest BCUT2D eigenvalue weighted by molar-refractivity contribution is 0.414. The molecule has 0 fully saturated rings. The van der Waals surface area contributed by atoms with Crippen molar-refractivity contribution >= 4 is 22.9 Å². The summed E-state index contributed by atoms with van der Waals surface area (Å²) in [4.78, 5) is 1.22. The Morgan fingerprint density at radius 3 is 3.07 bits per heavy atom. The molecule has 2 aromatic heterocycles. The second-order valence-electron chi connectivity index (χ2n) is 2.74. The molecule has 0 aliphatic rings. The second kappa shape index (κ2) is 4.02. The molecule has 14 heavy (non-hydrogen) atoms. The normalized spacial score (nSPS) is 10.4. The van der Waals surface area contributed by atoms with E-state index in [9.17, 15) is 0 Å². The summed E-state index contributed by atoms with van der Waals surface area (Å²) in [5.74, 6) is 0.614. The SMILES string of the molecule is COc1cnn(Cc2cccs2)c1Cl. The second-order valence-corrected chi connectivity index (χ2v) is 4.13. The summed E-state index contributed by atoms with van der Waals surface area (Å²) in [5.41, 5.74) is 0. The van der Waals surface area contributed by atoms with Gasteiger partial charge in [-0.15, -0.1) is 11.3 Å². The monoisotopic (exact) mass is 228 g/mol. The van der Waals surface area contributed by atoms with Gasteiger partial charge in [0.1, 0.15) is 0 Å². The van der Waals surface area contributed by atoms with Gasteiger partial charge in [-0.25, -0.2) is 4.68 Å². The third-order valence-electron chi connectivity index (χ3n) is 1.85. The van der Waals surface area contributed by atoms with Crippen LogP contribution in [0.2, 0.25) is 5.15 Å². The number of hydrogen-bond donors (Lipinski definition) is 0. The first-order valence-corrected chi connectivity index (χ1v) is 5.34. The van der Waals surface area contributed by atoms with Crippen molar-refractivity contribution in [3.8, 4) is 5.75 Å². The Bertz CT molecular complexity index is 410. The van der Waals surface area contributed by atoms with Gasteiger partial charge in [0, 0.05) is 4.88 Å². The maximum absolute atomic E-state index is 6.02. The van der Waals surface area contributed by atoms with Crippen molar-refractivity contribution in [3.63, 3.8) is 0 Å². The average Bonchev–Trinajstić information content (AvgIpc) is 2.79. The molecule has 0 amide bonds. The van der Waals surface area contributed by atoms with Crippen molar-refractivity contribution in [2.45, 2.75) is 6.54 Å². The predicted octanol–water partition coefficient (Wildman–Crippen LogP) is 2.65. The fourth-order valence-corrected chi connectivity index (χ4v) is 2.07. The van der Waals surface area contributed by atoms with Gasteiger partial charge in [-0.05, 0) is 11.4 Å². The number of nitrogens with zero attached hydrogens (tertiary/aromatic N) is 2. The first-order chi connectivity index (χ1) is 6.81. The van der Waals surface area contributed by atoms with E-state index in [4.69, 9.17) is 16.3 Å². The van der Waals surface area contributed by atoms with Gasteiger partial charge in [-0.3, -0.25) is 0 Å². The number of rotatable bonds is 3. The minimum atomic E-state index is 0.543. The maximum atomic E-state index is 6.02. The van der Waals surface area contributed by atoms with Gasteiger partial charge in [-0.2, -0.15) is 5.10 Å². The molecule has 0 aliphatic heterocycles. The summed E-state index contributed by atoms with van der Waals surface area (Å²) in [5, 5.41) is 6.70. The van der Waals surface area contributed by atoms with Gasteiger partial charge in [-0.1, -0.05) is 17.7 Å². The Balaban J connectivity index is 2.21. The first-order valence-electron chi connectivity index (χ1n) is 4.09. The van der Waals surface area contributed by atoms with E-state index in [-0.39, 0.29) is 0 Å². The molecule has 5 heteroatoms. The van der Waals surface area contributed by atoms with Crippen LogP contribution in [0.1, 0.15) is 4.88 Å². The first kappa shape index (κ1) is 9.55. The Morgan fingerprint density at radius 1 is 1.64 bits per heavy atom. The molecule has 0 saturated heterocycles. The van der Waals surface area contributed by atoms with E-state index in [0.717, 1.165) is 0 Å². The van der Waals surface area contributed by atoms with Crippen LogP contribution < -0.4 is 4.74 Å². The van der Waals surface area contributed by atoms with Crippen LogP contribution >= 0.6 is 22.9 Å². The lowest BCUT2D eigenvalue weighted by atomic mass is 10.5. The summed E-state index contributed by atoms with van der Waals surface area (Å²) >= 11 is 7.70. The maximum Gasteiger partial charge on any atom is 0.175 e. The Labute approximate surface area is 90.9 Å². The lowest BCUT2D eigenvalue weighted by Crippen LogP contribution is -1.99. The molecule has 2 aromatic rings. The van der Waals surface area contributed by atoms with Gasteiger partial charge in [0.25, 0.3) is 0 Å². The van der Waals surface area contributed by atoms with Crippen LogP contribution in [0.4, 0.5) is 0 Å². The lowest BCUT2D eigenvalue weighted by Gasteiger charge is -2.00. The minimum absolute atomic E-state index is 0.543. The van der Waals surface area contributed by atoms with E-state index >= 15 is 0 Å². The minimum Gasteiger partial charge on any atom is -0.492 e. The zero-order valence-electron chi connectivity index (χ0n) is 7.61. The third-order valence-corrected chi connectivity index (χ3v) is 3.09. The molecule has 3 nitrogen and oxygen atoms in total. The van der Waals surface area contributed by atoms with Gasteiger partial charge in [0.05, 0.1) is 19.9 Å². The Hall–Kier alpha value is -1.00. The highest BCUT2D eigenvalue weighted by Gasteiger charge is 2.08. The molecule has 74 valence electrons. The summed E-state index contributed by atoms with van der Waals surface area (Å²) in [6.07, 6.45) is 1.62. The molecule has 0 aromatic carbocycles. The van der Waals surface area contributed by atoms with Gasteiger partial charge >= 0.3 is 0 Å². The van der Waals surface area contributed by atoms with Crippen molar-refractivity contribution in [2.24, 2.45) is 0 Å². The molecule has 0 radical (unpaired) electrons. The number of methoxy groups -OCH3 is 1. The van der Waals surface area contributed by atoms with E-state index in [0.29, 0.717) is 17.4 Å². The number of aromatic nitrogens is 2. The molecule has 0 spiro atoms. The summed E-state index contributed by atoms with van der Waals surface area (Å²) in [6.45, 7) is 0.694. The van der Waals surface area contributed by atoms with Crippen LogP contribution in [0.25, 0.3) is 0 Å². The Morgan fingerprint density at radius 2 is 2.50 bits per heavy atom.